The molecular formula is C17H24FNO. The minimum absolute atomic E-state index is 0.192. The zero-order chi connectivity index (χ0) is 14.7. The van der Waals surface area contributed by atoms with E-state index in [1.165, 1.54) is 19.4 Å². The SMILES string of the molecule is CC(=O)c1c(F)cccc1N1CCCC(C(C)C)CC1. The first-order valence-electron chi connectivity index (χ1n) is 7.55. The zero-order valence-corrected chi connectivity index (χ0v) is 12.7. The van der Waals surface area contributed by atoms with Crippen LogP contribution in [0.4, 0.5) is 10.1 Å². The van der Waals surface area contributed by atoms with Crippen molar-refractivity contribution in [3.05, 3.63) is 29.6 Å². The van der Waals surface area contributed by atoms with Crippen LogP contribution in [0.2, 0.25) is 0 Å². The number of hydrogen-bond acceptors (Lipinski definition) is 2. The van der Waals surface area contributed by atoms with Gasteiger partial charge < -0.3 is 4.90 Å². The highest BCUT2D eigenvalue weighted by Gasteiger charge is 2.23. The number of benzene rings is 1. The van der Waals surface area contributed by atoms with E-state index in [4.69, 9.17) is 0 Å². The molecule has 0 N–H and O–H groups in total. The second-order valence-electron chi connectivity index (χ2n) is 6.11. The fraction of sp³-hybridized carbons (Fsp3) is 0.588. The molecule has 0 radical (unpaired) electrons. The van der Waals surface area contributed by atoms with Crippen molar-refractivity contribution in [2.45, 2.75) is 40.0 Å². The van der Waals surface area contributed by atoms with Gasteiger partial charge >= 0.3 is 0 Å². The minimum atomic E-state index is -0.403. The molecule has 0 saturated carbocycles. The summed E-state index contributed by atoms with van der Waals surface area (Å²) in [7, 11) is 0. The van der Waals surface area contributed by atoms with Gasteiger partial charge in [0.25, 0.3) is 0 Å². The Kier molecular flexibility index (Phi) is 4.79. The second-order valence-corrected chi connectivity index (χ2v) is 6.11. The van der Waals surface area contributed by atoms with Crippen molar-refractivity contribution < 1.29 is 9.18 Å². The molecule has 1 atom stereocenters. The van der Waals surface area contributed by atoms with E-state index in [1.807, 2.05) is 6.07 Å². The lowest BCUT2D eigenvalue weighted by molar-refractivity contribution is 0.101. The van der Waals surface area contributed by atoms with Gasteiger partial charge in [-0.15, -0.1) is 0 Å². The molecule has 1 fully saturated rings. The fourth-order valence-electron chi connectivity index (χ4n) is 3.15. The maximum Gasteiger partial charge on any atom is 0.164 e. The largest absolute Gasteiger partial charge is 0.371 e. The van der Waals surface area contributed by atoms with E-state index in [0.717, 1.165) is 37.5 Å². The average molecular weight is 277 g/mol. The highest BCUT2D eigenvalue weighted by molar-refractivity contribution is 6.00. The van der Waals surface area contributed by atoms with Crippen LogP contribution in [0.5, 0.6) is 0 Å². The Labute approximate surface area is 121 Å². The molecule has 110 valence electrons. The number of halogens is 1. The maximum atomic E-state index is 13.9. The predicted octanol–water partition coefficient (Wildman–Crippen LogP) is 4.29. The molecule has 1 unspecified atom stereocenters. The van der Waals surface area contributed by atoms with Gasteiger partial charge in [0.1, 0.15) is 5.82 Å². The summed E-state index contributed by atoms with van der Waals surface area (Å²) in [5.74, 6) is 0.825. The number of anilines is 1. The molecule has 1 heterocycles. The summed E-state index contributed by atoms with van der Waals surface area (Å²) >= 11 is 0. The number of ketones is 1. The maximum absolute atomic E-state index is 13.9. The molecule has 2 nitrogen and oxygen atoms in total. The number of carbonyl (C=O) groups excluding carboxylic acids is 1. The Balaban J connectivity index is 2.24. The summed E-state index contributed by atoms with van der Waals surface area (Å²) in [5, 5.41) is 0. The van der Waals surface area contributed by atoms with Crippen LogP contribution in [0.15, 0.2) is 18.2 Å². The molecule has 1 aromatic carbocycles. The normalized spacial score (nSPS) is 20.1. The molecule has 20 heavy (non-hydrogen) atoms. The third-order valence-corrected chi connectivity index (χ3v) is 4.40. The lowest BCUT2D eigenvalue weighted by atomic mass is 9.89. The number of Topliss-reactive ketones (excluding diaryl/α,β-unsaturated/α-hetero) is 1. The third-order valence-electron chi connectivity index (χ3n) is 4.40. The smallest absolute Gasteiger partial charge is 0.164 e. The lowest BCUT2D eigenvalue weighted by Gasteiger charge is -2.25. The molecule has 0 amide bonds. The number of hydrogen-bond donors (Lipinski definition) is 0. The number of nitrogens with zero attached hydrogens (tertiary/aromatic N) is 1. The number of rotatable bonds is 3. The average Bonchev–Trinajstić information content (AvgIpc) is 2.63. The van der Waals surface area contributed by atoms with E-state index >= 15 is 0 Å². The van der Waals surface area contributed by atoms with Gasteiger partial charge in [0.2, 0.25) is 0 Å². The summed E-state index contributed by atoms with van der Waals surface area (Å²) in [6, 6.07) is 4.94. The van der Waals surface area contributed by atoms with E-state index in [-0.39, 0.29) is 11.3 Å². The quantitative estimate of drug-likeness (QED) is 0.768. The Morgan fingerprint density at radius 2 is 2.05 bits per heavy atom. The second kappa shape index (κ2) is 6.38. The predicted molar refractivity (Wildman–Crippen MR) is 80.8 cm³/mol. The molecule has 0 bridgehead atoms. The monoisotopic (exact) mass is 277 g/mol. The molecule has 0 aliphatic carbocycles. The topological polar surface area (TPSA) is 20.3 Å². The van der Waals surface area contributed by atoms with Gasteiger partial charge in [-0.05, 0) is 50.2 Å². The van der Waals surface area contributed by atoms with Crippen molar-refractivity contribution in [3.63, 3.8) is 0 Å². The highest BCUT2D eigenvalue weighted by Crippen LogP contribution is 2.30. The summed E-state index contributed by atoms with van der Waals surface area (Å²) in [4.78, 5) is 13.9. The van der Waals surface area contributed by atoms with Gasteiger partial charge in [0.15, 0.2) is 5.78 Å². The van der Waals surface area contributed by atoms with Crippen molar-refractivity contribution in [2.75, 3.05) is 18.0 Å². The van der Waals surface area contributed by atoms with Crippen LogP contribution in [0.1, 0.15) is 50.4 Å². The third kappa shape index (κ3) is 3.20. The van der Waals surface area contributed by atoms with Crippen LogP contribution < -0.4 is 4.90 Å². The van der Waals surface area contributed by atoms with Crippen molar-refractivity contribution in [1.29, 1.82) is 0 Å². The van der Waals surface area contributed by atoms with Crippen LogP contribution in [0.3, 0.4) is 0 Å². The minimum Gasteiger partial charge on any atom is -0.371 e. The zero-order valence-electron chi connectivity index (χ0n) is 12.7. The summed E-state index contributed by atoms with van der Waals surface area (Å²) in [5.41, 5.74) is 1.01. The summed E-state index contributed by atoms with van der Waals surface area (Å²) in [6.07, 6.45) is 3.45. The van der Waals surface area contributed by atoms with E-state index in [9.17, 15) is 9.18 Å². The molecule has 1 aliphatic rings. The van der Waals surface area contributed by atoms with Gasteiger partial charge in [-0.1, -0.05) is 19.9 Å². The van der Waals surface area contributed by atoms with Crippen LogP contribution in [-0.4, -0.2) is 18.9 Å². The molecule has 1 saturated heterocycles. The van der Waals surface area contributed by atoms with Crippen molar-refractivity contribution in [1.82, 2.24) is 0 Å². The molecule has 3 heteroatoms. The Hall–Kier alpha value is -1.38. The van der Waals surface area contributed by atoms with Gasteiger partial charge in [0.05, 0.1) is 11.3 Å². The van der Waals surface area contributed by atoms with Gasteiger partial charge in [-0.2, -0.15) is 0 Å². The van der Waals surface area contributed by atoms with Crippen LogP contribution >= 0.6 is 0 Å². The van der Waals surface area contributed by atoms with E-state index < -0.39 is 5.82 Å². The van der Waals surface area contributed by atoms with E-state index in [0.29, 0.717) is 5.92 Å². The summed E-state index contributed by atoms with van der Waals surface area (Å²) in [6.45, 7) is 7.79. The molecule has 1 aliphatic heterocycles. The Morgan fingerprint density at radius 3 is 2.70 bits per heavy atom. The van der Waals surface area contributed by atoms with Gasteiger partial charge in [0, 0.05) is 13.1 Å². The first-order valence-corrected chi connectivity index (χ1v) is 7.55. The molecule has 0 spiro atoms. The first-order chi connectivity index (χ1) is 9.50. The molecule has 2 rings (SSSR count). The standard InChI is InChI=1S/C17H24FNO/c1-12(2)14-6-5-10-19(11-9-14)16-8-4-7-15(18)17(16)13(3)20/h4,7-8,12,14H,5-6,9-11H2,1-3H3. The molecule has 0 aromatic heterocycles. The number of carbonyl (C=O) groups is 1. The fourth-order valence-corrected chi connectivity index (χ4v) is 3.15. The van der Waals surface area contributed by atoms with Gasteiger partial charge in [-0.3, -0.25) is 4.79 Å². The van der Waals surface area contributed by atoms with Crippen molar-refractivity contribution >= 4 is 11.5 Å². The highest BCUT2D eigenvalue weighted by atomic mass is 19.1. The lowest BCUT2D eigenvalue weighted by Crippen LogP contribution is -2.26. The van der Waals surface area contributed by atoms with Gasteiger partial charge in [-0.25, -0.2) is 4.39 Å². The van der Waals surface area contributed by atoms with Crippen LogP contribution in [0.25, 0.3) is 0 Å². The Morgan fingerprint density at radius 1 is 1.30 bits per heavy atom. The van der Waals surface area contributed by atoms with Crippen LogP contribution in [-0.2, 0) is 0 Å². The van der Waals surface area contributed by atoms with E-state index in [1.54, 1.807) is 6.07 Å². The Bertz CT molecular complexity index is 484. The molecular weight excluding hydrogens is 253 g/mol. The van der Waals surface area contributed by atoms with Crippen molar-refractivity contribution in [2.24, 2.45) is 11.8 Å². The molecule has 1 aromatic rings. The summed E-state index contributed by atoms with van der Waals surface area (Å²) < 4.78 is 13.9. The van der Waals surface area contributed by atoms with E-state index in [2.05, 4.69) is 18.7 Å². The van der Waals surface area contributed by atoms with Crippen LogP contribution in [0, 0.1) is 17.7 Å². The first kappa shape index (κ1) is 15.0. The van der Waals surface area contributed by atoms with Crippen molar-refractivity contribution in [3.8, 4) is 0 Å².